The van der Waals surface area contributed by atoms with E-state index in [0.717, 1.165) is 5.82 Å². The van der Waals surface area contributed by atoms with Crippen molar-refractivity contribution in [2.75, 3.05) is 0 Å². The van der Waals surface area contributed by atoms with Crippen molar-refractivity contribution < 1.29 is 9.90 Å². The van der Waals surface area contributed by atoms with E-state index in [2.05, 4.69) is 11.6 Å². The maximum atomic E-state index is 10.6. The van der Waals surface area contributed by atoms with Gasteiger partial charge >= 0.3 is 5.97 Å². The van der Waals surface area contributed by atoms with Crippen LogP contribution in [0.5, 0.6) is 0 Å². The maximum Gasteiger partial charge on any atom is 0.306 e. The van der Waals surface area contributed by atoms with E-state index < -0.39 is 5.97 Å². The molecule has 1 aromatic rings. The molecule has 0 fully saturated rings. The van der Waals surface area contributed by atoms with Gasteiger partial charge in [-0.15, -0.1) is 0 Å². The predicted molar refractivity (Wildman–Crippen MR) is 53.7 cm³/mol. The summed E-state index contributed by atoms with van der Waals surface area (Å²) in [7, 11) is 0. The molecular formula is C10H14N2O2. The Morgan fingerprint density at radius 3 is 3.14 bits per heavy atom. The van der Waals surface area contributed by atoms with Crippen molar-refractivity contribution in [3.8, 4) is 0 Å². The fourth-order valence-electron chi connectivity index (χ4n) is 1.17. The molecule has 0 amide bonds. The van der Waals surface area contributed by atoms with Gasteiger partial charge in [0.15, 0.2) is 0 Å². The van der Waals surface area contributed by atoms with Gasteiger partial charge in [-0.2, -0.15) is 0 Å². The Morgan fingerprint density at radius 1 is 1.86 bits per heavy atom. The summed E-state index contributed by atoms with van der Waals surface area (Å²) < 4.78 is 1.80. The van der Waals surface area contributed by atoms with E-state index in [0.29, 0.717) is 12.8 Å². The second kappa shape index (κ2) is 4.60. The van der Waals surface area contributed by atoms with E-state index in [1.165, 1.54) is 0 Å². The quantitative estimate of drug-likeness (QED) is 0.775. The Kier molecular flexibility index (Phi) is 3.45. The SMILES string of the molecule is C=Cn1ccnc1CCC(C)C(=O)O. The average molecular weight is 194 g/mol. The van der Waals surface area contributed by atoms with Gasteiger partial charge < -0.3 is 9.67 Å². The van der Waals surface area contributed by atoms with Crippen molar-refractivity contribution in [1.82, 2.24) is 9.55 Å². The Hall–Kier alpha value is -1.58. The number of carbonyl (C=O) groups is 1. The van der Waals surface area contributed by atoms with Crippen LogP contribution < -0.4 is 0 Å². The molecule has 1 aromatic heterocycles. The minimum atomic E-state index is -0.762. The Balaban J connectivity index is 2.53. The fourth-order valence-corrected chi connectivity index (χ4v) is 1.17. The molecule has 1 unspecified atom stereocenters. The first-order chi connectivity index (χ1) is 6.65. The second-order valence-electron chi connectivity index (χ2n) is 3.21. The molecule has 0 aliphatic rings. The number of aryl methyl sites for hydroxylation is 1. The molecule has 0 spiro atoms. The zero-order valence-corrected chi connectivity index (χ0v) is 8.18. The first-order valence-electron chi connectivity index (χ1n) is 4.52. The molecule has 0 aliphatic carbocycles. The predicted octanol–water partition coefficient (Wildman–Crippen LogP) is 1.64. The summed E-state index contributed by atoms with van der Waals surface area (Å²) in [5.74, 6) is -0.236. The van der Waals surface area contributed by atoms with Gasteiger partial charge in [-0.05, 0) is 6.42 Å². The van der Waals surface area contributed by atoms with E-state index in [-0.39, 0.29) is 5.92 Å². The van der Waals surface area contributed by atoms with Crippen molar-refractivity contribution >= 4 is 12.2 Å². The van der Waals surface area contributed by atoms with Crippen LogP contribution in [0, 0.1) is 5.92 Å². The number of carboxylic acids is 1. The van der Waals surface area contributed by atoms with Crippen LogP contribution in [-0.4, -0.2) is 20.6 Å². The number of rotatable bonds is 5. The summed E-state index contributed by atoms with van der Waals surface area (Å²) in [6.07, 6.45) is 6.40. The van der Waals surface area contributed by atoms with Gasteiger partial charge in [0.2, 0.25) is 0 Å². The summed E-state index contributed by atoms with van der Waals surface area (Å²) in [6, 6.07) is 0. The lowest BCUT2D eigenvalue weighted by molar-refractivity contribution is -0.141. The molecule has 14 heavy (non-hydrogen) atoms. The molecule has 76 valence electrons. The van der Waals surface area contributed by atoms with E-state index in [9.17, 15) is 4.79 Å². The van der Waals surface area contributed by atoms with Crippen LogP contribution in [0.25, 0.3) is 6.20 Å². The third kappa shape index (κ3) is 2.45. The monoisotopic (exact) mass is 194 g/mol. The van der Waals surface area contributed by atoms with Gasteiger partial charge in [0.1, 0.15) is 5.82 Å². The van der Waals surface area contributed by atoms with Gasteiger partial charge in [-0.25, -0.2) is 4.98 Å². The molecule has 0 saturated carbocycles. The molecule has 1 atom stereocenters. The first kappa shape index (κ1) is 10.5. The van der Waals surface area contributed by atoms with E-state index in [1.54, 1.807) is 30.1 Å². The lowest BCUT2D eigenvalue weighted by atomic mass is 10.1. The zero-order chi connectivity index (χ0) is 10.6. The number of aromatic nitrogens is 2. The van der Waals surface area contributed by atoms with Crippen molar-refractivity contribution in [1.29, 1.82) is 0 Å². The minimum absolute atomic E-state index is 0.329. The van der Waals surface area contributed by atoms with Crippen LogP contribution >= 0.6 is 0 Å². The largest absolute Gasteiger partial charge is 0.481 e. The average Bonchev–Trinajstić information content (AvgIpc) is 2.60. The molecule has 0 radical (unpaired) electrons. The molecule has 1 rings (SSSR count). The number of nitrogens with zero attached hydrogens (tertiary/aromatic N) is 2. The molecule has 1 N–H and O–H groups in total. The Morgan fingerprint density at radius 2 is 2.57 bits per heavy atom. The number of carboxylic acid groups (broad SMARTS) is 1. The van der Waals surface area contributed by atoms with Crippen LogP contribution in [0.15, 0.2) is 19.0 Å². The molecule has 0 saturated heterocycles. The van der Waals surface area contributed by atoms with Crippen molar-refractivity contribution in [2.45, 2.75) is 19.8 Å². The van der Waals surface area contributed by atoms with Crippen LogP contribution in [-0.2, 0) is 11.2 Å². The van der Waals surface area contributed by atoms with Crippen molar-refractivity contribution in [3.63, 3.8) is 0 Å². The highest BCUT2D eigenvalue weighted by molar-refractivity contribution is 5.69. The van der Waals surface area contributed by atoms with Crippen LogP contribution in [0.2, 0.25) is 0 Å². The van der Waals surface area contributed by atoms with Gasteiger partial charge in [0, 0.05) is 25.0 Å². The fraction of sp³-hybridized carbons (Fsp3) is 0.400. The van der Waals surface area contributed by atoms with E-state index in [1.807, 2.05) is 0 Å². The number of aliphatic carboxylic acids is 1. The van der Waals surface area contributed by atoms with Gasteiger partial charge in [-0.3, -0.25) is 4.79 Å². The van der Waals surface area contributed by atoms with E-state index in [4.69, 9.17) is 5.11 Å². The maximum absolute atomic E-state index is 10.6. The van der Waals surface area contributed by atoms with Crippen LogP contribution in [0.4, 0.5) is 0 Å². The van der Waals surface area contributed by atoms with Crippen LogP contribution in [0.3, 0.4) is 0 Å². The topological polar surface area (TPSA) is 55.1 Å². The molecule has 4 nitrogen and oxygen atoms in total. The highest BCUT2D eigenvalue weighted by Crippen LogP contribution is 2.08. The summed E-state index contributed by atoms with van der Waals surface area (Å²) in [5.41, 5.74) is 0. The highest BCUT2D eigenvalue weighted by atomic mass is 16.4. The summed E-state index contributed by atoms with van der Waals surface area (Å²) in [4.78, 5) is 14.7. The number of hydrogen-bond acceptors (Lipinski definition) is 2. The summed E-state index contributed by atoms with van der Waals surface area (Å²) in [5, 5.41) is 8.69. The van der Waals surface area contributed by atoms with E-state index >= 15 is 0 Å². The molecule has 0 aliphatic heterocycles. The molecule has 1 heterocycles. The Labute approximate surface area is 82.9 Å². The summed E-state index contributed by atoms with van der Waals surface area (Å²) >= 11 is 0. The third-order valence-electron chi connectivity index (χ3n) is 2.17. The number of imidazole rings is 1. The smallest absolute Gasteiger partial charge is 0.306 e. The zero-order valence-electron chi connectivity index (χ0n) is 8.18. The van der Waals surface area contributed by atoms with Gasteiger partial charge in [-0.1, -0.05) is 13.5 Å². The second-order valence-corrected chi connectivity index (χ2v) is 3.21. The molecule has 0 aromatic carbocycles. The lowest BCUT2D eigenvalue weighted by Gasteiger charge is -2.05. The molecule has 0 bridgehead atoms. The van der Waals surface area contributed by atoms with Crippen LogP contribution in [0.1, 0.15) is 19.2 Å². The summed E-state index contributed by atoms with van der Waals surface area (Å²) in [6.45, 7) is 5.33. The minimum Gasteiger partial charge on any atom is -0.481 e. The lowest BCUT2D eigenvalue weighted by Crippen LogP contribution is -2.11. The normalized spacial score (nSPS) is 12.4. The third-order valence-corrected chi connectivity index (χ3v) is 2.17. The number of hydrogen-bond donors (Lipinski definition) is 1. The van der Waals surface area contributed by atoms with Crippen molar-refractivity contribution in [2.24, 2.45) is 5.92 Å². The van der Waals surface area contributed by atoms with Crippen molar-refractivity contribution in [3.05, 3.63) is 24.8 Å². The highest BCUT2D eigenvalue weighted by Gasteiger charge is 2.11. The first-order valence-corrected chi connectivity index (χ1v) is 4.52. The van der Waals surface area contributed by atoms with Gasteiger partial charge in [0.25, 0.3) is 0 Å². The molecular weight excluding hydrogens is 180 g/mol. The standard InChI is InChI=1S/C10H14N2O2/c1-3-12-7-6-11-9(12)5-4-8(2)10(13)14/h3,6-8H,1,4-5H2,2H3,(H,13,14). The van der Waals surface area contributed by atoms with Gasteiger partial charge in [0.05, 0.1) is 5.92 Å². The molecule has 4 heteroatoms. The Bertz CT molecular complexity index is 331.